The van der Waals surface area contributed by atoms with Crippen molar-refractivity contribution >= 4 is 33.5 Å². The second kappa shape index (κ2) is 8.15. The number of benzene rings is 1. The van der Waals surface area contributed by atoms with Gasteiger partial charge in [-0.3, -0.25) is 4.79 Å². The van der Waals surface area contributed by atoms with E-state index in [0.29, 0.717) is 16.3 Å². The summed E-state index contributed by atoms with van der Waals surface area (Å²) in [6.07, 6.45) is 6.97. The fraction of sp³-hybridized carbons (Fsp3) is 0.188. The number of anilines is 2. The van der Waals surface area contributed by atoms with Crippen molar-refractivity contribution in [3.8, 4) is 18.2 Å². The van der Waals surface area contributed by atoms with Crippen molar-refractivity contribution in [2.24, 2.45) is 0 Å². The Morgan fingerprint density at radius 3 is 2.78 bits per heavy atom. The summed E-state index contributed by atoms with van der Waals surface area (Å²) in [5, 5.41) is 3.05. The zero-order chi connectivity index (χ0) is 16.7. The quantitative estimate of drug-likeness (QED) is 0.618. The molecule has 2 aromatic rings. The summed E-state index contributed by atoms with van der Waals surface area (Å²) in [5.41, 5.74) is 1.64. The van der Waals surface area contributed by atoms with E-state index < -0.39 is 0 Å². The van der Waals surface area contributed by atoms with Crippen LogP contribution in [0.25, 0.3) is 0 Å². The van der Waals surface area contributed by atoms with Crippen LogP contribution < -0.4 is 10.1 Å². The van der Waals surface area contributed by atoms with E-state index in [9.17, 15) is 4.79 Å². The molecule has 2 rings (SSSR count). The van der Waals surface area contributed by atoms with Crippen LogP contribution in [0, 0.1) is 12.3 Å². The molecule has 0 amide bonds. The van der Waals surface area contributed by atoms with Crippen LogP contribution in [-0.2, 0) is 16.0 Å². The number of rotatable bonds is 6. The van der Waals surface area contributed by atoms with Crippen LogP contribution in [0.1, 0.15) is 5.56 Å². The molecule has 0 bridgehead atoms. The first-order valence-corrected chi connectivity index (χ1v) is 7.43. The predicted molar refractivity (Wildman–Crippen MR) is 89.5 cm³/mol. The maximum absolute atomic E-state index is 11.2. The van der Waals surface area contributed by atoms with Gasteiger partial charge in [0.05, 0.1) is 24.2 Å². The number of nitrogens with zero attached hydrogens (tertiary/aromatic N) is 2. The number of hydrogen-bond acceptors (Lipinski definition) is 6. The molecule has 0 saturated heterocycles. The van der Waals surface area contributed by atoms with Gasteiger partial charge in [0.2, 0.25) is 11.8 Å². The molecule has 1 heterocycles. The van der Waals surface area contributed by atoms with Gasteiger partial charge in [0.1, 0.15) is 0 Å². The summed E-state index contributed by atoms with van der Waals surface area (Å²) >= 11 is 3.30. The van der Waals surface area contributed by atoms with Crippen molar-refractivity contribution in [2.75, 3.05) is 19.0 Å². The van der Waals surface area contributed by atoms with Crippen molar-refractivity contribution in [3.05, 3.63) is 40.5 Å². The predicted octanol–water partition coefficient (Wildman–Crippen LogP) is 2.71. The molecule has 0 radical (unpaired) electrons. The maximum Gasteiger partial charge on any atom is 0.309 e. The summed E-state index contributed by atoms with van der Waals surface area (Å²) < 4.78 is 10.6. The molecule has 0 aliphatic carbocycles. The molecule has 0 aliphatic heterocycles. The number of esters is 1. The number of hydrogen-bond donors (Lipinski definition) is 1. The normalized spacial score (nSPS) is 9.78. The van der Waals surface area contributed by atoms with Crippen molar-refractivity contribution in [1.82, 2.24) is 9.97 Å². The fourth-order valence-corrected chi connectivity index (χ4v) is 2.00. The van der Waals surface area contributed by atoms with Gasteiger partial charge in [-0.2, -0.15) is 4.98 Å². The largest absolute Gasteiger partial charge is 0.469 e. The maximum atomic E-state index is 11.2. The number of nitrogens with one attached hydrogen (secondary N) is 1. The molecule has 0 fully saturated rings. The average molecular weight is 376 g/mol. The number of methoxy groups -OCH3 is 1. The minimum absolute atomic E-state index is 0.122. The van der Waals surface area contributed by atoms with Gasteiger partial charge in [-0.25, -0.2) is 4.98 Å². The summed E-state index contributed by atoms with van der Waals surface area (Å²) in [6.45, 7) is 0.122. The lowest BCUT2D eigenvalue weighted by atomic mass is 10.1. The average Bonchev–Trinajstić information content (AvgIpc) is 2.57. The first-order chi connectivity index (χ1) is 11.1. The molecule has 0 saturated carbocycles. The smallest absolute Gasteiger partial charge is 0.309 e. The highest BCUT2D eigenvalue weighted by molar-refractivity contribution is 9.10. The Labute approximate surface area is 142 Å². The van der Waals surface area contributed by atoms with Crippen LogP contribution in [0.4, 0.5) is 11.6 Å². The zero-order valence-electron chi connectivity index (χ0n) is 12.4. The third-order valence-electron chi connectivity index (χ3n) is 2.79. The first kappa shape index (κ1) is 16.8. The number of ether oxygens (including phenoxy) is 2. The van der Waals surface area contributed by atoms with Gasteiger partial charge in [0.25, 0.3) is 0 Å². The molecule has 1 N–H and O–H groups in total. The van der Waals surface area contributed by atoms with Crippen molar-refractivity contribution in [1.29, 1.82) is 0 Å². The van der Waals surface area contributed by atoms with Gasteiger partial charge in [-0.05, 0) is 33.6 Å². The van der Waals surface area contributed by atoms with Crippen LogP contribution in [0.5, 0.6) is 5.88 Å². The topological polar surface area (TPSA) is 73.3 Å². The highest BCUT2D eigenvalue weighted by atomic mass is 79.9. The highest BCUT2D eigenvalue weighted by Gasteiger charge is 2.07. The lowest BCUT2D eigenvalue weighted by Gasteiger charge is -2.08. The molecule has 0 atom stereocenters. The second-order valence-corrected chi connectivity index (χ2v) is 5.27. The third kappa shape index (κ3) is 4.97. The van der Waals surface area contributed by atoms with Gasteiger partial charge in [0, 0.05) is 5.69 Å². The Bertz CT molecular complexity index is 726. The Morgan fingerprint density at radius 2 is 2.13 bits per heavy atom. The Balaban J connectivity index is 2.07. The molecule has 1 aromatic carbocycles. The molecule has 23 heavy (non-hydrogen) atoms. The molecule has 1 aromatic heterocycles. The van der Waals surface area contributed by atoms with Crippen LogP contribution in [-0.4, -0.2) is 29.7 Å². The van der Waals surface area contributed by atoms with E-state index in [1.54, 1.807) is 6.20 Å². The van der Waals surface area contributed by atoms with Crippen molar-refractivity contribution in [3.63, 3.8) is 0 Å². The van der Waals surface area contributed by atoms with E-state index in [2.05, 4.69) is 41.9 Å². The number of aromatic nitrogens is 2. The van der Waals surface area contributed by atoms with E-state index >= 15 is 0 Å². The molecular weight excluding hydrogens is 362 g/mol. The molecule has 118 valence electrons. The Kier molecular flexibility index (Phi) is 5.94. The molecule has 6 nitrogen and oxygen atoms in total. The van der Waals surface area contributed by atoms with E-state index in [1.165, 1.54) is 7.11 Å². The van der Waals surface area contributed by atoms with Crippen LogP contribution in [0.3, 0.4) is 0 Å². The van der Waals surface area contributed by atoms with Gasteiger partial charge >= 0.3 is 5.97 Å². The fourth-order valence-electron chi connectivity index (χ4n) is 1.70. The van der Waals surface area contributed by atoms with Crippen LogP contribution in [0.2, 0.25) is 0 Å². The van der Waals surface area contributed by atoms with E-state index in [-0.39, 0.29) is 19.0 Å². The summed E-state index contributed by atoms with van der Waals surface area (Å²) in [7, 11) is 1.36. The van der Waals surface area contributed by atoms with E-state index in [1.807, 2.05) is 24.3 Å². The second-order valence-electron chi connectivity index (χ2n) is 4.41. The molecule has 7 heteroatoms. The molecule has 0 unspecified atom stereocenters. The summed E-state index contributed by atoms with van der Waals surface area (Å²) in [4.78, 5) is 19.6. The van der Waals surface area contributed by atoms with Crippen molar-refractivity contribution < 1.29 is 14.3 Å². The number of halogens is 1. The van der Waals surface area contributed by atoms with Gasteiger partial charge in [0.15, 0.2) is 6.61 Å². The summed E-state index contributed by atoms with van der Waals surface area (Å²) in [6, 6.07) is 7.30. The molecule has 0 spiro atoms. The lowest BCUT2D eigenvalue weighted by molar-refractivity contribution is -0.139. The molecule has 0 aliphatic rings. The number of carbonyl (C=O) groups excluding carboxylic acids is 1. The number of carbonyl (C=O) groups is 1. The standard InChI is InChI=1S/C16H14BrN3O3/c1-3-8-23-15-13(17)10-18-16(20-15)19-12-6-4-11(5-7-12)9-14(21)22-2/h1,4-7,10H,8-9H2,2H3,(H,18,19,20). The minimum atomic E-state index is -0.280. The summed E-state index contributed by atoms with van der Waals surface area (Å²) in [5.74, 6) is 2.84. The molecular formula is C16H14BrN3O3. The van der Waals surface area contributed by atoms with Crippen molar-refractivity contribution in [2.45, 2.75) is 6.42 Å². The monoisotopic (exact) mass is 375 g/mol. The minimum Gasteiger partial charge on any atom is -0.469 e. The third-order valence-corrected chi connectivity index (χ3v) is 3.33. The van der Waals surface area contributed by atoms with Gasteiger partial charge < -0.3 is 14.8 Å². The van der Waals surface area contributed by atoms with Gasteiger partial charge in [-0.1, -0.05) is 18.1 Å². The van der Waals surface area contributed by atoms with Gasteiger partial charge in [-0.15, -0.1) is 6.42 Å². The Hall–Kier alpha value is -2.59. The zero-order valence-corrected chi connectivity index (χ0v) is 14.0. The highest BCUT2D eigenvalue weighted by Crippen LogP contribution is 2.24. The Morgan fingerprint density at radius 1 is 1.39 bits per heavy atom. The van der Waals surface area contributed by atoms with Crippen LogP contribution >= 0.6 is 15.9 Å². The lowest BCUT2D eigenvalue weighted by Crippen LogP contribution is -2.04. The first-order valence-electron chi connectivity index (χ1n) is 6.64. The van der Waals surface area contributed by atoms with E-state index in [0.717, 1.165) is 11.3 Å². The van der Waals surface area contributed by atoms with E-state index in [4.69, 9.17) is 11.2 Å². The van der Waals surface area contributed by atoms with Crippen LogP contribution in [0.15, 0.2) is 34.9 Å². The number of terminal acetylenes is 1. The SMILES string of the molecule is C#CCOc1nc(Nc2ccc(CC(=O)OC)cc2)ncc1Br.